The van der Waals surface area contributed by atoms with Crippen LogP contribution in [-0.4, -0.2) is 22.0 Å². The highest BCUT2D eigenvalue weighted by atomic mass is 16.4. The van der Waals surface area contributed by atoms with E-state index in [4.69, 9.17) is 10.3 Å². The topological polar surface area (TPSA) is 69.9 Å². The van der Waals surface area contributed by atoms with Crippen molar-refractivity contribution in [2.24, 2.45) is 5.16 Å². The van der Waals surface area contributed by atoms with Crippen LogP contribution in [0.15, 0.2) is 23.4 Å². The Morgan fingerprint density at radius 1 is 1.50 bits per heavy atom. The van der Waals surface area contributed by atoms with Crippen molar-refractivity contribution >= 4 is 11.7 Å². The molecule has 0 aromatic heterocycles. The largest absolute Gasteiger partial charge is 0.481 e. The summed E-state index contributed by atoms with van der Waals surface area (Å²) in [4.78, 5) is 10.8. The molecular weight excluding hydrogens is 230 g/mol. The van der Waals surface area contributed by atoms with Crippen LogP contribution in [0.2, 0.25) is 0 Å². The van der Waals surface area contributed by atoms with E-state index in [0.717, 1.165) is 11.1 Å². The van der Waals surface area contributed by atoms with Crippen LogP contribution in [0.5, 0.6) is 0 Å². The number of carboxylic acids is 1. The highest BCUT2D eigenvalue weighted by Crippen LogP contribution is 2.37. The van der Waals surface area contributed by atoms with Gasteiger partial charge in [0.25, 0.3) is 0 Å². The lowest BCUT2D eigenvalue weighted by molar-refractivity contribution is -0.137. The molecule has 0 saturated heterocycles. The van der Waals surface area contributed by atoms with Crippen LogP contribution < -0.4 is 0 Å². The monoisotopic (exact) mass is 247 g/mol. The molecule has 0 spiro atoms. The molecule has 0 fully saturated rings. The summed E-state index contributed by atoms with van der Waals surface area (Å²) in [6.45, 7) is 4.20. The van der Waals surface area contributed by atoms with Crippen LogP contribution in [0.25, 0.3) is 0 Å². The van der Waals surface area contributed by atoms with Gasteiger partial charge in [-0.15, -0.1) is 0 Å². The zero-order valence-electron chi connectivity index (χ0n) is 10.6. The third kappa shape index (κ3) is 2.23. The zero-order chi connectivity index (χ0) is 13.3. The first-order chi connectivity index (χ1) is 8.52. The Kier molecular flexibility index (Phi) is 3.36. The maximum Gasteiger partial charge on any atom is 0.303 e. The molecule has 1 unspecified atom stereocenters. The van der Waals surface area contributed by atoms with E-state index in [1.807, 2.05) is 18.2 Å². The van der Waals surface area contributed by atoms with Gasteiger partial charge in [-0.25, -0.2) is 0 Å². The number of carbonyl (C=O) groups is 1. The average molecular weight is 247 g/mol. The lowest BCUT2D eigenvalue weighted by atomic mass is 9.94. The molecule has 2 N–H and O–H groups in total. The molecule has 18 heavy (non-hydrogen) atoms. The fourth-order valence-electron chi connectivity index (χ4n) is 2.48. The average Bonchev–Trinajstić information content (AvgIpc) is 2.66. The molecule has 4 heteroatoms. The van der Waals surface area contributed by atoms with E-state index in [9.17, 15) is 4.79 Å². The summed E-state index contributed by atoms with van der Waals surface area (Å²) in [7, 11) is 0. The van der Waals surface area contributed by atoms with Crippen LogP contribution in [0, 0.1) is 0 Å². The van der Waals surface area contributed by atoms with Crippen molar-refractivity contribution in [1.29, 1.82) is 0 Å². The van der Waals surface area contributed by atoms with Crippen LogP contribution in [-0.2, 0) is 4.79 Å². The van der Waals surface area contributed by atoms with Crippen molar-refractivity contribution in [2.45, 2.75) is 38.5 Å². The molecule has 0 radical (unpaired) electrons. The SMILES string of the molecule is CC(C)c1ccc2c(c1)/C(=N\O)CC2CC(=O)O. The van der Waals surface area contributed by atoms with Gasteiger partial charge in [0, 0.05) is 17.9 Å². The fourth-order valence-corrected chi connectivity index (χ4v) is 2.48. The van der Waals surface area contributed by atoms with Crippen molar-refractivity contribution in [2.75, 3.05) is 0 Å². The molecule has 0 amide bonds. The molecule has 0 heterocycles. The third-order valence-electron chi connectivity index (χ3n) is 3.48. The Morgan fingerprint density at radius 2 is 2.22 bits per heavy atom. The van der Waals surface area contributed by atoms with Gasteiger partial charge >= 0.3 is 5.97 Å². The quantitative estimate of drug-likeness (QED) is 0.637. The summed E-state index contributed by atoms with van der Waals surface area (Å²) in [6.07, 6.45) is 0.576. The molecule has 1 aromatic rings. The van der Waals surface area contributed by atoms with Crippen molar-refractivity contribution in [3.8, 4) is 0 Å². The van der Waals surface area contributed by atoms with Crippen molar-refractivity contribution in [3.05, 3.63) is 34.9 Å². The summed E-state index contributed by atoms with van der Waals surface area (Å²) < 4.78 is 0. The molecule has 4 nitrogen and oxygen atoms in total. The molecule has 0 saturated carbocycles. The minimum Gasteiger partial charge on any atom is -0.481 e. The minimum atomic E-state index is -0.821. The van der Waals surface area contributed by atoms with Crippen LogP contribution in [0.1, 0.15) is 55.2 Å². The standard InChI is InChI=1S/C14H17NO3/c1-8(2)9-3-4-11-10(7-14(16)17)6-13(15-18)12(11)5-9/h3-5,8,10,18H,6-7H2,1-2H3,(H,16,17)/b15-13-. The molecular formula is C14H17NO3. The van der Waals surface area contributed by atoms with Gasteiger partial charge in [0.1, 0.15) is 0 Å². The number of oxime groups is 1. The van der Waals surface area contributed by atoms with Gasteiger partial charge in [-0.2, -0.15) is 0 Å². The first kappa shape index (κ1) is 12.6. The maximum absolute atomic E-state index is 10.8. The first-order valence-electron chi connectivity index (χ1n) is 6.10. The molecule has 1 aliphatic rings. The van der Waals surface area contributed by atoms with Crippen LogP contribution in [0.4, 0.5) is 0 Å². The summed E-state index contributed by atoms with van der Waals surface area (Å²) in [5.74, 6) is -0.503. The highest BCUT2D eigenvalue weighted by molar-refractivity contribution is 6.05. The second-order valence-corrected chi connectivity index (χ2v) is 5.05. The molecule has 96 valence electrons. The first-order valence-corrected chi connectivity index (χ1v) is 6.10. The van der Waals surface area contributed by atoms with Gasteiger partial charge in [-0.05, 0) is 23.1 Å². The lowest BCUT2D eigenvalue weighted by Gasteiger charge is -2.10. The Labute approximate surface area is 106 Å². The number of hydrogen-bond donors (Lipinski definition) is 2. The van der Waals surface area contributed by atoms with Crippen LogP contribution >= 0.6 is 0 Å². The summed E-state index contributed by atoms with van der Waals surface area (Å²) in [5, 5.41) is 21.2. The number of hydrogen-bond acceptors (Lipinski definition) is 3. The number of benzene rings is 1. The predicted octanol–water partition coefficient (Wildman–Crippen LogP) is 2.95. The Morgan fingerprint density at radius 3 is 2.78 bits per heavy atom. The number of rotatable bonds is 3. The number of carboxylic acid groups (broad SMARTS) is 1. The van der Waals surface area contributed by atoms with E-state index in [2.05, 4.69) is 19.0 Å². The number of aliphatic carboxylic acids is 1. The third-order valence-corrected chi connectivity index (χ3v) is 3.48. The zero-order valence-corrected chi connectivity index (χ0v) is 10.6. The Bertz CT molecular complexity index is 506. The van der Waals surface area contributed by atoms with Gasteiger partial charge in [-0.1, -0.05) is 31.1 Å². The normalized spacial score (nSPS) is 20.4. The lowest BCUT2D eigenvalue weighted by Crippen LogP contribution is -2.03. The van der Waals surface area contributed by atoms with Gasteiger partial charge in [-0.3, -0.25) is 4.79 Å². The highest BCUT2D eigenvalue weighted by Gasteiger charge is 2.30. The smallest absolute Gasteiger partial charge is 0.303 e. The van der Waals surface area contributed by atoms with Gasteiger partial charge < -0.3 is 10.3 Å². The number of fused-ring (bicyclic) bond motifs is 1. The summed E-state index contributed by atoms with van der Waals surface area (Å²) >= 11 is 0. The van der Waals surface area contributed by atoms with Gasteiger partial charge in [0.2, 0.25) is 0 Å². The molecule has 1 aliphatic carbocycles. The Balaban J connectivity index is 2.42. The molecule has 0 bridgehead atoms. The minimum absolute atomic E-state index is 0.0764. The van der Waals surface area contributed by atoms with Gasteiger partial charge in [0.15, 0.2) is 0 Å². The summed E-state index contributed by atoms with van der Waals surface area (Å²) in [5.41, 5.74) is 3.65. The van der Waals surface area contributed by atoms with E-state index < -0.39 is 5.97 Å². The van der Waals surface area contributed by atoms with Crippen molar-refractivity contribution in [3.63, 3.8) is 0 Å². The van der Waals surface area contributed by atoms with E-state index >= 15 is 0 Å². The molecule has 2 rings (SSSR count). The molecule has 0 aliphatic heterocycles. The second kappa shape index (κ2) is 4.80. The van der Waals surface area contributed by atoms with Crippen molar-refractivity contribution in [1.82, 2.24) is 0 Å². The van der Waals surface area contributed by atoms with Gasteiger partial charge in [0.05, 0.1) is 12.1 Å². The van der Waals surface area contributed by atoms with Crippen LogP contribution in [0.3, 0.4) is 0 Å². The Hall–Kier alpha value is -1.84. The fraction of sp³-hybridized carbons (Fsp3) is 0.429. The molecule has 1 atom stereocenters. The second-order valence-electron chi connectivity index (χ2n) is 5.05. The van der Waals surface area contributed by atoms with E-state index in [1.165, 1.54) is 5.56 Å². The number of nitrogens with zero attached hydrogens (tertiary/aromatic N) is 1. The maximum atomic E-state index is 10.8. The van der Waals surface area contributed by atoms with Crippen molar-refractivity contribution < 1.29 is 15.1 Å². The van der Waals surface area contributed by atoms with E-state index in [-0.39, 0.29) is 12.3 Å². The molecule has 1 aromatic carbocycles. The summed E-state index contributed by atoms with van der Waals surface area (Å²) in [6, 6.07) is 6.01. The van der Waals surface area contributed by atoms with E-state index in [0.29, 0.717) is 18.1 Å². The van der Waals surface area contributed by atoms with E-state index in [1.54, 1.807) is 0 Å². The predicted molar refractivity (Wildman–Crippen MR) is 68.5 cm³/mol.